The zero-order valence-corrected chi connectivity index (χ0v) is 24.4. The van der Waals surface area contributed by atoms with Crippen molar-refractivity contribution < 1.29 is 22.8 Å². The van der Waals surface area contributed by atoms with Crippen molar-refractivity contribution in [2.75, 3.05) is 28.6 Å². The number of alkyl halides is 3. The molecule has 2 N–H and O–H groups in total. The number of aryl methyl sites for hydroxylation is 1. The number of nitrogens with zero attached hydrogens (tertiary/aromatic N) is 2. The summed E-state index contributed by atoms with van der Waals surface area (Å²) < 4.78 is 41.9. The number of hydrogen-bond donors (Lipinski definition) is 2. The molecule has 0 saturated carbocycles. The molecule has 44 heavy (non-hydrogen) atoms. The smallest absolute Gasteiger partial charge is 0.369 e. The number of hydrogen-bond acceptors (Lipinski definition) is 4. The van der Waals surface area contributed by atoms with E-state index in [1.54, 1.807) is 42.5 Å². The van der Waals surface area contributed by atoms with Crippen LogP contribution in [0.15, 0.2) is 83.7 Å². The van der Waals surface area contributed by atoms with Crippen LogP contribution in [0.3, 0.4) is 0 Å². The number of rotatable bonds is 5. The van der Waals surface area contributed by atoms with E-state index in [1.807, 2.05) is 17.6 Å². The lowest BCUT2D eigenvalue weighted by atomic mass is 9.83. The van der Waals surface area contributed by atoms with Crippen molar-refractivity contribution in [3.05, 3.63) is 122 Å². The maximum absolute atomic E-state index is 13.4. The number of pyridine rings is 1. The van der Waals surface area contributed by atoms with E-state index in [-0.39, 0.29) is 34.2 Å². The molecule has 1 aromatic heterocycles. The molecule has 11 heteroatoms. The van der Waals surface area contributed by atoms with Crippen LogP contribution in [0.1, 0.15) is 49.9 Å². The lowest BCUT2D eigenvalue weighted by molar-refractivity contribution is -0.137. The van der Waals surface area contributed by atoms with Gasteiger partial charge in [-0.15, -0.1) is 0 Å². The van der Waals surface area contributed by atoms with Crippen molar-refractivity contribution in [1.29, 1.82) is 0 Å². The van der Waals surface area contributed by atoms with Gasteiger partial charge < -0.3 is 20.1 Å². The van der Waals surface area contributed by atoms with Crippen molar-refractivity contribution in [3.63, 3.8) is 0 Å². The monoisotopic (exact) mass is 620 g/mol. The summed E-state index contributed by atoms with van der Waals surface area (Å²) >= 11 is 6.12. The maximum atomic E-state index is 13.4. The van der Waals surface area contributed by atoms with E-state index in [2.05, 4.69) is 15.5 Å². The van der Waals surface area contributed by atoms with Crippen LogP contribution in [0.5, 0.6) is 0 Å². The Bertz CT molecular complexity index is 1840. The zero-order chi connectivity index (χ0) is 31.2. The van der Waals surface area contributed by atoms with Gasteiger partial charge in [0, 0.05) is 59.1 Å². The topological polar surface area (TPSA) is 83.4 Å². The van der Waals surface area contributed by atoms with Gasteiger partial charge in [-0.3, -0.25) is 14.4 Å². The number of carbonyl (C=O) groups excluding carboxylic acids is 2. The number of carbonyl (C=O) groups is 2. The average Bonchev–Trinajstić information content (AvgIpc) is 2.99. The second-order valence-electron chi connectivity index (χ2n) is 11.3. The molecule has 7 nitrogen and oxygen atoms in total. The highest BCUT2D eigenvalue weighted by Gasteiger charge is 2.36. The first-order valence-electron chi connectivity index (χ1n) is 14.1. The average molecular weight is 621 g/mol. The summed E-state index contributed by atoms with van der Waals surface area (Å²) in [5.41, 5.74) is 2.28. The Kier molecular flexibility index (Phi) is 7.71. The minimum absolute atomic E-state index is 0.0370. The molecule has 2 amide bonds. The van der Waals surface area contributed by atoms with E-state index in [0.29, 0.717) is 36.0 Å². The molecule has 1 fully saturated rings. The molecule has 2 atom stereocenters. The predicted molar refractivity (Wildman–Crippen MR) is 164 cm³/mol. The van der Waals surface area contributed by atoms with Crippen LogP contribution in [0.2, 0.25) is 5.02 Å². The van der Waals surface area contributed by atoms with Crippen LogP contribution < -0.4 is 21.1 Å². The van der Waals surface area contributed by atoms with Gasteiger partial charge in [0.15, 0.2) is 0 Å². The van der Waals surface area contributed by atoms with Crippen molar-refractivity contribution in [1.82, 2.24) is 4.57 Å². The van der Waals surface area contributed by atoms with Crippen molar-refractivity contribution >= 4 is 40.5 Å². The summed E-state index contributed by atoms with van der Waals surface area (Å²) in [5.74, 6) is -0.950. The third-order valence-corrected chi connectivity index (χ3v) is 8.46. The number of benzene rings is 3. The first kappa shape index (κ1) is 29.5. The predicted octanol–water partition coefficient (Wildman–Crippen LogP) is 6.96. The van der Waals surface area contributed by atoms with Gasteiger partial charge in [-0.2, -0.15) is 13.2 Å². The zero-order valence-electron chi connectivity index (χ0n) is 23.6. The summed E-state index contributed by atoms with van der Waals surface area (Å²) in [6.07, 6.45) is -3.70. The Labute approximate surface area is 256 Å². The number of nitrogens with one attached hydrogen (secondary N) is 2. The van der Waals surface area contributed by atoms with Gasteiger partial charge in [-0.05, 0) is 79.4 Å². The Balaban J connectivity index is 1.35. The van der Waals surface area contributed by atoms with Gasteiger partial charge in [0.25, 0.3) is 17.4 Å². The fourth-order valence-electron chi connectivity index (χ4n) is 6.10. The molecule has 3 heterocycles. The van der Waals surface area contributed by atoms with Crippen LogP contribution in [-0.4, -0.2) is 29.5 Å². The molecule has 0 unspecified atom stereocenters. The highest BCUT2D eigenvalue weighted by molar-refractivity contribution is 6.31. The molecule has 4 aromatic rings. The lowest BCUT2D eigenvalue weighted by Gasteiger charge is -2.44. The van der Waals surface area contributed by atoms with Gasteiger partial charge >= 0.3 is 6.18 Å². The second kappa shape index (κ2) is 11.5. The molecule has 6 rings (SSSR count). The number of piperidine rings is 1. The first-order valence-corrected chi connectivity index (χ1v) is 14.5. The van der Waals surface area contributed by atoms with Crippen molar-refractivity contribution in [2.24, 2.45) is 5.92 Å². The number of anilines is 3. The van der Waals surface area contributed by atoms with Gasteiger partial charge in [0.05, 0.1) is 16.9 Å². The molecular weight excluding hydrogens is 593 g/mol. The highest BCUT2D eigenvalue weighted by atomic mass is 35.5. The fraction of sp³-hybridized carbons (Fsp3) is 0.242. The summed E-state index contributed by atoms with van der Waals surface area (Å²) in [7, 11) is 0. The number of amides is 2. The quantitative estimate of drug-likeness (QED) is 0.253. The third-order valence-electron chi connectivity index (χ3n) is 8.23. The fourth-order valence-corrected chi connectivity index (χ4v) is 6.27. The van der Waals surface area contributed by atoms with E-state index < -0.39 is 23.6 Å². The van der Waals surface area contributed by atoms with Crippen LogP contribution in [0.4, 0.5) is 30.2 Å². The summed E-state index contributed by atoms with van der Waals surface area (Å²) in [6.45, 7) is 3.54. The second-order valence-corrected chi connectivity index (χ2v) is 11.7. The van der Waals surface area contributed by atoms with Gasteiger partial charge in [0.2, 0.25) is 0 Å². The Morgan fingerprint density at radius 1 is 0.841 bits per heavy atom. The molecule has 2 aliphatic heterocycles. The van der Waals surface area contributed by atoms with E-state index in [0.717, 1.165) is 29.8 Å². The number of aromatic nitrogens is 1. The van der Waals surface area contributed by atoms with Gasteiger partial charge in [-0.1, -0.05) is 29.8 Å². The van der Waals surface area contributed by atoms with E-state index in [4.69, 9.17) is 11.6 Å². The SMILES string of the molecule is Cc1ccc(Cl)cc1NC(=O)c1ccc(N2C[C@H]3C[C@@H](C2)c2cccc(=O)n2C3)c(NC(=O)c2cccc(C(F)(F)F)c2)c1. The summed E-state index contributed by atoms with van der Waals surface area (Å²) in [6, 6.07) is 19.5. The molecule has 3 aromatic carbocycles. The molecule has 2 aliphatic rings. The van der Waals surface area contributed by atoms with E-state index in [1.165, 1.54) is 18.2 Å². The first-order chi connectivity index (χ1) is 21.0. The molecule has 0 radical (unpaired) electrons. The summed E-state index contributed by atoms with van der Waals surface area (Å²) in [5, 5.41) is 6.07. The Morgan fingerprint density at radius 3 is 2.34 bits per heavy atom. The number of fused-ring (bicyclic) bond motifs is 4. The maximum Gasteiger partial charge on any atom is 0.416 e. The van der Waals surface area contributed by atoms with Crippen molar-refractivity contribution in [3.8, 4) is 0 Å². The standard InChI is InChI=1S/C33H28ClF3N4O3/c1-19-8-10-25(34)15-26(19)38-32(44)22-9-11-29(27(14-22)39-31(43)21-4-2-5-24(13-21)33(35,36)37)40-16-20-12-23(18-40)28-6-3-7-30(42)41(28)17-20/h2-11,13-15,20,23H,12,16-18H2,1H3,(H,38,44)(H,39,43)/t20-,23+/m1/s1. The van der Waals surface area contributed by atoms with E-state index in [9.17, 15) is 27.6 Å². The molecule has 2 bridgehead atoms. The van der Waals surface area contributed by atoms with Gasteiger partial charge in [-0.25, -0.2) is 0 Å². The van der Waals surface area contributed by atoms with Crippen LogP contribution >= 0.6 is 11.6 Å². The molecule has 0 aliphatic carbocycles. The Morgan fingerprint density at radius 2 is 1.57 bits per heavy atom. The third kappa shape index (κ3) is 5.94. The molecule has 0 spiro atoms. The molecular formula is C33H28ClF3N4O3. The normalized spacial score (nSPS) is 17.5. The van der Waals surface area contributed by atoms with Crippen LogP contribution in [0.25, 0.3) is 0 Å². The largest absolute Gasteiger partial charge is 0.416 e. The van der Waals surface area contributed by atoms with Gasteiger partial charge in [0.1, 0.15) is 0 Å². The van der Waals surface area contributed by atoms with Crippen molar-refractivity contribution in [2.45, 2.75) is 32.0 Å². The number of halogens is 4. The molecule has 1 saturated heterocycles. The van der Waals surface area contributed by atoms with Crippen LogP contribution in [0, 0.1) is 12.8 Å². The minimum atomic E-state index is -4.61. The van der Waals surface area contributed by atoms with E-state index >= 15 is 0 Å². The van der Waals surface area contributed by atoms with Crippen LogP contribution in [-0.2, 0) is 12.7 Å². The highest BCUT2D eigenvalue weighted by Crippen LogP contribution is 2.40. The minimum Gasteiger partial charge on any atom is -0.369 e. The lowest BCUT2D eigenvalue weighted by Crippen LogP contribution is -2.47. The summed E-state index contributed by atoms with van der Waals surface area (Å²) in [4.78, 5) is 41.3. The Hall–Kier alpha value is -4.57. The molecule has 226 valence electrons.